The average Bonchev–Trinajstić information content (AvgIpc) is 4.02. The molecule has 422 valence electrons. The minimum Gasteiger partial charge on any atom is -0.479 e. The predicted molar refractivity (Wildman–Crippen MR) is 293 cm³/mol. The number of fused-ring (bicyclic) bond motifs is 12. The molecule has 4 saturated heterocycles. The molecule has 5 N–H and O–H groups in total. The SMILES string of the molecule is C.C.CC1=C2C[C@H]3[C@@H](CCC4=CC(=O)CC[C@@]43C)[C@@H]2CC[C@@]2(C1)O[C@@H]1C[C@H](C)CN[C@H]1[C@H]2C.CC1=C2C[C@H]3[C@@H](CC[C@@H]4CC(=O)CC[C@@]43C)[C@@H]2CC[C@@]2(C1)O[C@@H]1C[C@H](C)C[NH2+][C@H]1[C@H]2C.CCC(C)(O)C(=O)O.O=C=O. The molecule has 75 heavy (non-hydrogen) atoms. The number of aliphatic carboxylic acids is 1. The van der Waals surface area contributed by atoms with Crippen molar-refractivity contribution in [1.82, 2.24) is 5.32 Å². The summed E-state index contributed by atoms with van der Waals surface area (Å²) >= 11 is 0. The van der Waals surface area contributed by atoms with E-state index in [4.69, 9.17) is 29.3 Å². The van der Waals surface area contributed by atoms with E-state index < -0.39 is 11.6 Å². The molecular formula is C64H103N2O9+. The third kappa shape index (κ3) is 10.7. The van der Waals surface area contributed by atoms with Gasteiger partial charge in [-0.1, -0.05) is 91.2 Å². The van der Waals surface area contributed by atoms with Gasteiger partial charge in [-0.05, 0) is 201 Å². The number of nitrogens with two attached hydrogens (primary N) is 1. The van der Waals surface area contributed by atoms with E-state index in [2.05, 4.69) is 66.0 Å². The van der Waals surface area contributed by atoms with Crippen LogP contribution < -0.4 is 10.6 Å². The summed E-state index contributed by atoms with van der Waals surface area (Å²) < 4.78 is 14.0. The van der Waals surface area contributed by atoms with Crippen molar-refractivity contribution in [1.29, 1.82) is 0 Å². The van der Waals surface area contributed by atoms with Crippen LogP contribution in [-0.2, 0) is 33.4 Å². The van der Waals surface area contributed by atoms with Crippen molar-refractivity contribution in [3.63, 3.8) is 0 Å². The van der Waals surface area contributed by atoms with Crippen LogP contribution in [0.2, 0.25) is 0 Å². The molecule has 12 aliphatic rings. The maximum absolute atomic E-state index is 12.2. The smallest absolute Gasteiger partial charge is 0.373 e. The number of allylic oxidation sites excluding steroid dienone is 4. The Labute approximate surface area is 452 Å². The monoisotopic (exact) mass is 1040 g/mol. The summed E-state index contributed by atoms with van der Waals surface area (Å²) in [5, 5.41) is 23.5. The van der Waals surface area contributed by atoms with E-state index in [9.17, 15) is 14.4 Å². The number of carbonyl (C=O) groups excluding carboxylic acids is 4. The van der Waals surface area contributed by atoms with Crippen molar-refractivity contribution in [3.8, 4) is 0 Å². The molecule has 0 bridgehead atoms. The predicted octanol–water partition coefficient (Wildman–Crippen LogP) is 11.2. The van der Waals surface area contributed by atoms with Gasteiger partial charge in [-0.3, -0.25) is 9.59 Å². The molecule has 1 unspecified atom stereocenters. The van der Waals surface area contributed by atoms with Crippen molar-refractivity contribution in [2.45, 2.75) is 254 Å². The highest BCUT2D eigenvalue weighted by Gasteiger charge is 2.62. The molecule has 12 rings (SSSR count). The van der Waals surface area contributed by atoms with Crippen molar-refractivity contribution in [3.05, 3.63) is 33.9 Å². The second kappa shape index (κ2) is 22.8. The van der Waals surface area contributed by atoms with Crippen LogP contribution in [0.3, 0.4) is 0 Å². The highest BCUT2D eigenvalue weighted by Crippen LogP contribution is 2.66. The highest BCUT2D eigenvalue weighted by atomic mass is 16.5. The Bertz CT molecular complexity index is 2260. The van der Waals surface area contributed by atoms with E-state index >= 15 is 0 Å². The van der Waals surface area contributed by atoms with E-state index in [1.807, 2.05) is 11.6 Å². The van der Waals surface area contributed by atoms with E-state index in [-0.39, 0.29) is 44.0 Å². The normalized spacial score (nSPS) is 45.7. The summed E-state index contributed by atoms with van der Waals surface area (Å²) in [7, 11) is 0. The van der Waals surface area contributed by atoms with Crippen molar-refractivity contribution in [2.24, 2.45) is 75.9 Å². The summed E-state index contributed by atoms with van der Waals surface area (Å²) in [5.74, 6) is 7.94. The molecule has 4 heterocycles. The zero-order valence-corrected chi connectivity index (χ0v) is 46.6. The molecular weight excluding hydrogens is 941 g/mol. The van der Waals surface area contributed by atoms with Gasteiger partial charge in [0.2, 0.25) is 0 Å². The van der Waals surface area contributed by atoms with Crippen LogP contribution >= 0.6 is 0 Å². The number of rotatable bonds is 2. The number of aliphatic hydroxyl groups is 1. The molecule has 0 amide bonds. The first-order valence-corrected chi connectivity index (χ1v) is 29.5. The number of hydrogen-bond acceptors (Lipinski definition) is 9. The van der Waals surface area contributed by atoms with Gasteiger partial charge in [0.25, 0.3) is 0 Å². The largest absolute Gasteiger partial charge is 0.479 e. The Morgan fingerprint density at radius 3 is 1.99 bits per heavy atom. The van der Waals surface area contributed by atoms with Gasteiger partial charge in [0.15, 0.2) is 11.4 Å². The van der Waals surface area contributed by atoms with Gasteiger partial charge in [0, 0.05) is 43.1 Å². The lowest BCUT2D eigenvalue weighted by Crippen LogP contribution is -2.96. The Hall–Kier alpha value is -2.79. The van der Waals surface area contributed by atoms with E-state index in [1.54, 1.807) is 23.6 Å². The van der Waals surface area contributed by atoms with Crippen molar-refractivity contribution >= 4 is 23.7 Å². The molecule has 5 saturated carbocycles. The molecule has 11 nitrogen and oxygen atoms in total. The van der Waals surface area contributed by atoms with Crippen LogP contribution in [0.5, 0.6) is 0 Å². The molecule has 4 aliphatic heterocycles. The summed E-state index contributed by atoms with van der Waals surface area (Å²) in [6.07, 6.45) is 25.7. The lowest BCUT2D eigenvalue weighted by molar-refractivity contribution is -0.710. The van der Waals surface area contributed by atoms with Gasteiger partial charge >= 0.3 is 12.1 Å². The summed E-state index contributed by atoms with van der Waals surface area (Å²) in [6.45, 7) is 25.0. The molecule has 0 aromatic carbocycles. The van der Waals surface area contributed by atoms with Crippen LogP contribution in [0.1, 0.15) is 213 Å². The van der Waals surface area contributed by atoms with Crippen molar-refractivity contribution in [2.75, 3.05) is 13.1 Å². The van der Waals surface area contributed by atoms with E-state index in [0.29, 0.717) is 59.0 Å². The number of carboxylic acids is 1. The fourth-order valence-corrected chi connectivity index (χ4v) is 19.0. The van der Waals surface area contributed by atoms with Crippen molar-refractivity contribution < 1.29 is 49.0 Å². The van der Waals surface area contributed by atoms with E-state index in [1.165, 1.54) is 96.1 Å². The van der Waals surface area contributed by atoms with Gasteiger partial charge in [0.05, 0.1) is 23.9 Å². The maximum Gasteiger partial charge on any atom is 0.373 e. The second-order valence-electron chi connectivity index (χ2n) is 27.5. The number of carbonyl (C=O) groups is 3. The van der Waals surface area contributed by atoms with Crippen LogP contribution in [0.15, 0.2) is 33.9 Å². The van der Waals surface area contributed by atoms with Crippen LogP contribution in [-0.4, -0.2) is 88.1 Å². The quantitative estimate of drug-likeness (QED) is 0.195. The lowest BCUT2D eigenvalue weighted by Gasteiger charge is -2.52. The minimum atomic E-state index is -1.54. The maximum atomic E-state index is 12.2. The highest BCUT2D eigenvalue weighted by molar-refractivity contribution is 5.91. The number of carboxylic acid groups (broad SMARTS) is 1. The van der Waals surface area contributed by atoms with Gasteiger partial charge in [0.1, 0.15) is 17.9 Å². The number of hydrogen-bond donors (Lipinski definition) is 4. The molecule has 0 aromatic heterocycles. The number of nitrogens with one attached hydrogen (secondary N) is 1. The van der Waals surface area contributed by atoms with Crippen LogP contribution in [0, 0.1) is 75.9 Å². The van der Waals surface area contributed by atoms with Gasteiger partial charge in [-0.25, -0.2) is 4.79 Å². The Morgan fingerprint density at radius 2 is 1.37 bits per heavy atom. The van der Waals surface area contributed by atoms with Crippen LogP contribution in [0.4, 0.5) is 0 Å². The first-order valence-electron chi connectivity index (χ1n) is 29.5. The molecule has 0 aromatic rings. The topological polar surface area (TPSA) is 173 Å². The molecule has 20 atom stereocenters. The Balaban J connectivity index is 0.000000179. The van der Waals surface area contributed by atoms with E-state index in [0.717, 1.165) is 98.8 Å². The third-order valence-corrected chi connectivity index (χ3v) is 23.7. The van der Waals surface area contributed by atoms with Gasteiger partial charge in [-0.2, -0.15) is 9.59 Å². The molecule has 2 spiro atoms. The molecule has 11 heteroatoms. The van der Waals surface area contributed by atoms with Crippen LogP contribution in [0.25, 0.3) is 0 Å². The standard InChI is InChI=1S/C28H43NO2.C28H41NO2.C5H10O3.CO2.2CH4/c2*1-16-11-25-26(29-15-16)18(3)28(31-25)10-8-21-22-6-5-19-12-20(30)7-9-27(19,4)24(22)13-23(21)17(2)14-28;1-3-5(2,8)4(6)7;2-1-3;;/h16,18-19,21-22,24-26,29H,5-15H2,1-4H3;12,16,18,21-22,24-26,29H,5-11,13-15H2,1-4H3;8H,3H2,1-2H3,(H,6,7);;2*1H4/p+1/t16-,18+,19+,21-,22-,24-,25+,26-,27-,28-;16-,18+,21-,22-,24-,25+,26-,27-,28-;;;;/m00..../s1. The number of Topliss-reactive ketones (excluding diaryl/α,β-unsaturated/α-hetero) is 1. The summed E-state index contributed by atoms with van der Waals surface area (Å²) in [5.41, 5.74) is 7.69. The second-order valence-corrected chi connectivity index (χ2v) is 27.5. The fraction of sp³-hybridized carbons (Fsp3) is 0.844. The Morgan fingerprint density at radius 1 is 0.787 bits per heavy atom. The number of ketones is 2. The number of piperidine rings is 2. The lowest BCUT2D eigenvalue weighted by atomic mass is 9.52. The third-order valence-electron chi connectivity index (χ3n) is 23.7. The zero-order valence-electron chi connectivity index (χ0n) is 46.6. The summed E-state index contributed by atoms with van der Waals surface area (Å²) in [6, 6.07) is 1.22. The molecule has 9 fully saturated rings. The average molecular weight is 1040 g/mol. The first-order chi connectivity index (χ1) is 34.5. The first kappa shape index (κ1) is 59.9. The van der Waals surface area contributed by atoms with Gasteiger partial charge in [-0.15, -0.1) is 0 Å². The fourth-order valence-electron chi connectivity index (χ4n) is 19.0. The molecule has 0 radical (unpaired) electrons. The Kier molecular flexibility index (Phi) is 18.2. The van der Waals surface area contributed by atoms with Gasteiger partial charge < -0.3 is 30.3 Å². The minimum absolute atomic E-state index is 0. The molecule has 8 aliphatic carbocycles. The summed E-state index contributed by atoms with van der Waals surface area (Å²) in [4.78, 5) is 50.5. The number of ether oxygens (including phenoxy) is 2. The zero-order chi connectivity index (χ0) is 52.6. The number of quaternary nitrogens is 1.